The lowest BCUT2D eigenvalue weighted by Gasteiger charge is -2.44. The molecule has 5 nitrogen and oxygen atoms in total. The number of halogens is 1. The van der Waals surface area contributed by atoms with Crippen molar-refractivity contribution in [2.24, 2.45) is 0 Å². The van der Waals surface area contributed by atoms with E-state index in [0.717, 1.165) is 22.5 Å². The number of aryl methyl sites for hydroxylation is 3. The maximum absolute atomic E-state index is 14.0. The molecule has 34 heavy (non-hydrogen) atoms. The van der Waals surface area contributed by atoms with E-state index in [1.54, 1.807) is 24.3 Å². The van der Waals surface area contributed by atoms with E-state index in [9.17, 15) is 14.0 Å². The van der Waals surface area contributed by atoms with Crippen LogP contribution < -0.4 is 0 Å². The Balaban J connectivity index is 1.49. The van der Waals surface area contributed by atoms with E-state index >= 15 is 0 Å². The van der Waals surface area contributed by atoms with Crippen LogP contribution in [-0.4, -0.2) is 52.5 Å². The minimum Gasteiger partial charge on any atom is -0.297 e. The van der Waals surface area contributed by atoms with Crippen molar-refractivity contribution in [3.8, 4) is 0 Å². The average molecular weight is 458 g/mol. The Morgan fingerprint density at radius 3 is 2.03 bits per heavy atom. The van der Waals surface area contributed by atoms with Crippen molar-refractivity contribution in [1.82, 2.24) is 14.8 Å². The molecule has 0 amide bonds. The van der Waals surface area contributed by atoms with Crippen molar-refractivity contribution < 1.29 is 14.0 Å². The Kier molecular flexibility index (Phi) is 5.66. The van der Waals surface area contributed by atoms with Gasteiger partial charge in [-0.1, -0.05) is 30.3 Å². The zero-order valence-electron chi connectivity index (χ0n) is 19.8. The molecule has 0 bridgehead atoms. The fraction of sp³-hybridized carbons (Fsp3) is 0.321. The number of hydrogen-bond donors (Lipinski definition) is 0. The predicted octanol–water partition coefficient (Wildman–Crippen LogP) is 4.24. The highest BCUT2D eigenvalue weighted by Crippen LogP contribution is 2.43. The molecule has 2 aliphatic rings. The molecule has 0 N–H and O–H groups in total. The van der Waals surface area contributed by atoms with Crippen LogP contribution in [0.4, 0.5) is 4.39 Å². The molecular formula is C28H28FN3O2. The number of Topliss-reactive ketones (excluding diaryl/α,β-unsaturated/α-hetero) is 2. The normalized spacial score (nSPS) is 18.4. The first-order valence-corrected chi connectivity index (χ1v) is 11.7. The quantitative estimate of drug-likeness (QED) is 0.549. The van der Waals surface area contributed by atoms with Crippen LogP contribution in [0.1, 0.15) is 48.8 Å². The van der Waals surface area contributed by atoms with Gasteiger partial charge in [0, 0.05) is 55.2 Å². The van der Waals surface area contributed by atoms with Crippen LogP contribution in [0.5, 0.6) is 0 Å². The molecule has 0 saturated carbocycles. The Morgan fingerprint density at radius 2 is 1.44 bits per heavy atom. The monoisotopic (exact) mass is 457 g/mol. The summed E-state index contributed by atoms with van der Waals surface area (Å²) in [7, 11) is 0. The third-order valence-electron chi connectivity index (χ3n) is 7.12. The lowest BCUT2D eigenvalue weighted by molar-refractivity contribution is 0.0278. The van der Waals surface area contributed by atoms with Gasteiger partial charge in [-0.25, -0.2) is 4.39 Å². The fourth-order valence-electron chi connectivity index (χ4n) is 5.44. The average Bonchev–Trinajstić information content (AvgIpc) is 3.04. The molecule has 2 heterocycles. The van der Waals surface area contributed by atoms with Crippen molar-refractivity contribution in [2.75, 3.05) is 26.2 Å². The summed E-state index contributed by atoms with van der Waals surface area (Å²) < 4.78 is 13.8. The van der Waals surface area contributed by atoms with Gasteiger partial charge in [0.2, 0.25) is 0 Å². The van der Waals surface area contributed by atoms with Crippen LogP contribution in [0.25, 0.3) is 0 Å². The highest BCUT2D eigenvalue weighted by Gasteiger charge is 2.58. The van der Waals surface area contributed by atoms with Crippen LogP contribution in [0, 0.1) is 26.6 Å². The molecular weight excluding hydrogens is 429 g/mol. The second-order valence-electron chi connectivity index (χ2n) is 9.39. The lowest BCUT2D eigenvalue weighted by atomic mass is 9.82. The van der Waals surface area contributed by atoms with E-state index < -0.39 is 5.54 Å². The number of pyridine rings is 1. The summed E-state index contributed by atoms with van der Waals surface area (Å²) in [5.74, 6) is -0.554. The molecule has 5 rings (SSSR count). The largest absolute Gasteiger partial charge is 0.297 e. The molecule has 0 radical (unpaired) electrons. The smallest absolute Gasteiger partial charge is 0.196 e. The van der Waals surface area contributed by atoms with Gasteiger partial charge < -0.3 is 0 Å². The number of ketones is 2. The van der Waals surface area contributed by atoms with Gasteiger partial charge in [-0.3, -0.25) is 24.4 Å². The van der Waals surface area contributed by atoms with E-state index in [2.05, 4.69) is 9.88 Å². The second kappa shape index (κ2) is 8.53. The SMILES string of the molecule is Cc1cc(C2(N3CCN(Cc4cc(F)ccc4C)CC3)C(=O)c3ccccc3C2=O)cc(C)n1. The number of benzene rings is 2. The number of rotatable bonds is 4. The molecule has 2 aromatic carbocycles. The van der Waals surface area contributed by atoms with Crippen molar-refractivity contribution >= 4 is 11.6 Å². The van der Waals surface area contributed by atoms with Gasteiger partial charge in [-0.05, 0) is 61.7 Å². The predicted molar refractivity (Wildman–Crippen MR) is 128 cm³/mol. The molecule has 1 saturated heterocycles. The molecule has 1 aliphatic carbocycles. The summed E-state index contributed by atoms with van der Waals surface area (Å²) in [5.41, 5.74) is 3.87. The van der Waals surface area contributed by atoms with Crippen LogP contribution in [0.3, 0.4) is 0 Å². The van der Waals surface area contributed by atoms with Crippen molar-refractivity contribution in [2.45, 2.75) is 32.9 Å². The second-order valence-corrected chi connectivity index (χ2v) is 9.39. The van der Waals surface area contributed by atoms with Crippen LogP contribution in [0.15, 0.2) is 54.6 Å². The highest BCUT2D eigenvalue weighted by molar-refractivity contribution is 6.32. The minimum absolute atomic E-state index is 0.160. The van der Waals surface area contributed by atoms with Gasteiger partial charge >= 0.3 is 0 Å². The number of fused-ring (bicyclic) bond motifs is 1. The van der Waals surface area contributed by atoms with E-state index in [0.29, 0.717) is 49.4 Å². The number of carbonyl (C=O) groups is 2. The van der Waals surface area contributed by atoms with Crippen LogP contribution in [-0.2, 0) is 12.1 Å². The minimum atomic E-state index is -1.37. The summed E-state index contributed by atoms with van der Waals surface area (Å²) in [6.07, 6.45) is 0. The number of aromatic nitrogens is 1. The summed E-state index contributed by atoms with van der Waals surface area (Å²) in [6.45, 7) is 8.87. The Morgan fingerprint density at radius 1 is 0.853 bits per heavy atom. The number of hydrogen-bond acceptors (Lipinski definition) is 5. The highest BCUT2D eigenvalue weighted by atomic mass is 19.1. The number of nitrogens with zero attached hydrogens (tertiary/aromatic N) is 3. The number of piperazine rings is 1. The molecule has 1 aliphatic heterocycles. The first-order valence-electron chi connectivity index (χ1n) is 11.7. The third kappa shape index (κ3) is 3.58. The molecule has 1 fully saturated rings. The van der Waals surface area contributed by atoms with Crippen molar-refractivity contribution in [1.29, 1.82) is 0 Å². The van der Waals surface area contributed by atoms with Crippen LogP contribution >= 0.6 is 0 Å². The van der Waals surface area contributed by atoms with Gasteiger partial charge in [-0.15, -0.1) is 0 Å². The Hall–Kier alpha value is -3.22. The van der Waals surface area contributed by atoms with Crippen molar-refractivity contribution in [3.05, 3.63) is 99.6 Å². The molecule has 0 spiro atoms. The van der Waals surface area contributed by atoms with Gasteiger partial charge in [0.25, 0.3) is 0 Å². The van der Waals surface area contributed by atoms with E-state index in [1.165, 1.54) is 6.07 Å². The van der Waals surface area contributed by atoms with E-state index in [1.807, 2.05) is 49.9 Å². The molecule has 174 valence electrons. The molecule has 3 aromatic rings. The summed E-state index contributed by atoms with van der Waals surface area (Å²) in [6, 6.07) is 15.7. The number of carbonyl (C=O) groups excluding carboxylic acids is 2. The molecule has 6 heteroatoms. The van der Waals surface area contributed by atoms with Crippen LogP contribution in [0.2, 0.25) is 0 Å². The molecule has 0 atom stereocenters. The van der Waals surface area contributed by atoms with E-state index in [4.69, 9.17) is 0 Å². The van der Waals surface area contributed by atoms with E-state index in [-0.39, 0.29) is 17.4 Å². The van der Waals surface area contributed by atoms with Crippen molar-refractivity contribution in [3.63, 3.8) is 0 Å². The van der Waals surface area contributed by atoms with Gasteiger partial charge in [0.15, 0.2) is 17.1 Å². The summed E-state index contributed by atoms with van der Waals surface area (Å²) >= 11 is 0. The van der Waals surface area contributed by atoms with Gasteiger partial charge in [0.1, 0.15) is 5.82 Å². The fourth-order valence-corrected chi connectivity index (χ4v) is 5.44. The maximum atomic E-state index is 14.0. The first-order chi connectivity index (χ1) is 16.3. The summed E-state index contributed by atoms with van der Waals surface area (Å²) in [5, 5.41) is 0. The molecule has 0 unspecified atom stereocenters. The zero-order valence-corrected chi connectivity index (χ0v) is 19.8. The topological polar surface area (TPSA) is 53.5 Å². The van der Waals surface area contributed by atoms with Gasteiger partial charge in [-0.2, -0.15) is 0 Å². The summed E-state index contributed by atoms with van der Waals surface area (Å²) in [4.78, 5) is 36.7. The first kappa shape index (κ1) is 22.6. The van der Waals surface area contributed by atoms with Gasteiger partial charge in [0.05, 0.1) is 0 Å². The lowest BCUT2D eigenvalue weighted by Crippen LogP contribution is -2.60. The Bertz CT molecular complexity index is 1240. The maximum Gasteiger partial charge on any atom is 0.196 e. The zero-order chi connectivity index (χ0) is 24.0. The Labute approximate surface area is 199 Å². The standard InChI is InChI=1S/C28H28FN3O2/c1-18-8-9-23(29)16-21(18)17-31-10-12-32(13-11-31)28(22-14-19(2)30-20(3)15-22)26(33)24-6-4-5-7-25(24)27(28)34/h4-9,14-16H,10-13,17H2,1-3H3. The molecule has 1 aromatic heterocycles. The third-order valence-corrected chi connectivity index (χ3v) is 7.12.